The minimum absolute atomic E-state index is 0.113. The van der Waals surface area contributed by atoms with E-state index in [1.807, 2.05) is 6.92 Å². The molecule has 21 heavy (non-hydrogen) atoms. The van der Waals surface area contributed by atoms with Gasteiger partial charge in [0.15, 0.2) is 0 Å². The van der Waals surface area contributed by atoms with Crippen LogP contribution in [0.25, 0.3) is 0 Å². The molecule has 0 saturated carbocycles. The summed E-state index contributed by atoms with van der Waals surface area (Å²) in [5, 5.41) is -1.30. The maximum Gasteiger partial charge on any atom is 0.500 e. The zero-order valence-electron chi connectivity index (χ0n) is 12.9. The molecule has 2 unspecified atom stereocenters. The molecule has 2 atom stereocenters. The Balaban J connectivity index is 2.48. The van der Waals surface area contributed by atoms with E-state index in [9.17, 15) is 18.0 Å². The van der Waals surface area contributed by atoms with E-state index in [1.165, 1.54) is 29.9 Å². The molecule has 1 saturated heterocycles. The Morgan fingerprint density at radius 3 is 2.43 bits per heavy atom. The molecule has 0 aromatic heterocycles. The van der Waals surface area contributed by atoms with Crippen molar-refractivity contribution in [1.82, 2.24) is 9.21 Å². The predicted molar refractivity (Wildman–Crippen MR) is 77.8 cm³/mol. The highest BCUT2D eigenvalue weighted by Crippen LogP contribution is 2.25. The summed E-state index contributed by atoms with van der Waals surface area (Å²) < 4.78 is 28.4. The van der Waals surface area contributed by atoms with Gasteiger partial charge >= 0.3 is 11.9 Å². The third kappa shape index (κ3) is 2.50. The van der Waals surface area contributed by atoms with Crippen LogP contribution in [0.5, 0.6) is 0 Å². The molecule has 0 radical (unpaired) electrons. The number of sulfonamides is 1. The van der Waals surface area contributed by atoms with Crippen molar-refractivity contribution in [3.05, 3.63) is 0 Å². The summed E-state index contributed by atoms with van der Waals surface area (Å²) in [6.07, 6.45) is 2.59. The Morgan fingerprint density at radius 2 is 1.86 bits per heavy atom. The van der Waals surface area contributed by atoms with Crippen LogP contribution >= 0.6 is 0 Å². The number of nitrogens with zero attached hydrogens (tertiary/aromatic N) is 3. The molecular formula is C13H22N3O4S+. The van der Waals surface area contributed by atoms with Crippen molar-refractivity contribution in [3.8, 4) is 0 Å². The van der Waals surface area contributed by atoms with Crippen molar-refractivity contribution in [2.75, 3.05) is 20.6 Å². The number of piperidine rings is 1. The molecule has 0 N–H and O–H groups in total. The highest BCUT2D eigenvalue weighted by molar-refractivity contribution is 7.91. The first-order chi connectivity index (χ1) is 9.69. The van der Waals surface area contributed by atoms with E-state index < -0.39 is 27.2 Å². The highest BCUT2D eigenvalue weighted by Gasteiger charge is 2.52. The second kappa shape index (κ2) is 5.49. The Kier molecular flexibility index (Phi) is 4.21. The average Bonchev–Trinajstić information content (AvgIpc) is 2.43. The highest BCUT2D eigenvalue weighted by atomic mass is 32.2. The zero-order valence-corrected chi connectivity index (χ0v) is 13.7. The normalized spacial score (nSPS) is 29.2. The number of rotatable bonds is 2. The maximum atomic E-state index is 12.9. The number of urea groups is 1. The van der Waals surface area contributed by atoms with E-state index in [2.05, 4.69) is 0 Å². The molecule has 1 fully saturated rings. The number of hydrogen-bond donors (Lipinski definition) is 0. The van der Waals surface area contributed by atoms with Gasteiger partial charge in [0.05, 0.1) is 14.1 Å². The molecule has 118 valence electrons. The van der Waals surface area contributed by atoms with E-state index >= 15 is 0 Å². The third-order valence-electron chi connectivity index (χ3n) is 4.40. The van der Waals surface area contributed by atoms with Crippen molar-refractivity contribution in [2.45, 2.75) is 44.4 Å². The Labute approximate surface area is 125 Å². The number of imide groups is 1. The van der Waals surface area contributed by atoms with Crippen molar-refractivity contribution < 1.29 is 22.6 Å². The lowest BCUT2D eigenvalue weighted by Crippen LogP contribution is -2.60. The van der Waals surface area contributed by atoms with Gasteiger partial charge in [-0.05, 0) is 26.7 Å². The van der Waals surface area contributed by atoms with Crippen LogP contribution in [0.4, 0.5) is 4.79 Å². The predicted octanol–water partition coefficient (Wildman–Crippen LogP) is 0.254. The summed E-state index contributed by atoms with van der Waals surface area (Å²) in [5.41, 5.74) is 0.265. The first kappa shape index (κ1) is 16.1. The van der Waals surface area contributed by atoms with Crippen LogP contribution in [0, 0.1) is 0 Å². The van der Waals surface area contributed by atoms with Crippen molar-refractivity contribution in [3.63, 3.8) is 0 Å². The summed E-state index contributed by atoms with van der Waals surface area (Å²) >= 11 is 0. The van der Waals surface area contributed by atoms with Crippen LogP contribution in [0.1, 0.15) is 33.1 Å². The second-order valence-electron chi connectivity index (χ2n) is 5.76. The fourth-order valence-electron chi connectivity index (χ4n) is 2.93. The van der Waals surface area contributed by atoms with Gasteiger partial charge < -0.3 is 0 Å². The fourth-order valence-corrected chi connectivity index (χ4v) is 5.19. The van der Waals surface area contributed by atoms with Gasteiger partial charge in [0.1, 0.15) is 5.71 Å². The van der Waals surface area contributed by atoms with E-state index in [-0.39, 0.29) is 11.8 Å². The second-order valence-corrected chi connectivity index (χ2v) is 7.73. The number of carbonyl (C=O) groups is 2. The monoisotopic (exact) mass is 316 g/mol. The van der Waals surface area contributed by atoms with Gasteiger partial charge in [-0.15, -0.1) is 0 Å². The fraction of sp³-hybridized carbons (Fsp3) is 0.769. The quantitative estimate of drug-likeness (QED) is 0.684. The summed E-state index contributed by atoms with van der Waals surface area (Å²) in [4.78, 5) is 25.1. The molecule has 8 heteroatoms. The molecule has 0 spiro atoms. The smallest absolute Gasteiger partial charge is 0.245 e. The van der Waals surface area contributed by atoms with Crippen LogP contribution in [-0.4, -0.2) is 71.8 Å². The number of amides is 3. The van der Waals surface area contributed by atoms with Crippen molar-refractivity contribution >= 4 is 27.7 Å². The molecule has 0 aliphatic carbocycles. The molecule has 2 aliphatic heterocycles. The lowest BCUT2D eigenvalue weighted by atomic mass is 10.1. The standard InChI is InChI=1S/C13H22N3O4S/c1-9-7-5-6-8-16(9)21(19,20)11-10(2)14(3)13(18)15(4)12(11)17/h9,11H,5-8H2,1-4H3/q+1. The number of carbonyl (C=O) groups excluding carboxylic acids is 2. The van der Waals surface area contributed by atoms with Gasteiger partial charge in [-0.3, -0.25) is 0 Å². The van der Waals surface area contributed by atoms with E-state index in [0.29, 0.717) is 6.54 Å². The summed E-state index contributed by atoms with van der Waals surface area (Å²) in [6.45, 7) is 3.82. The third-order valence-corrected chi connectivity index (χ3v) is 6.74. The summed E-state index contributed by atoms with van der Waals surface area (Å²) in [7, 11) is -1.01. The minimum atomic E-state index is -3.81. The van der Waals surface area contributed by atoms with E-state index in [1.54, 1.807) is 0 Å². The molecular weight excluding hydrogens is 294 g/mol. The van der Waals surface area contributed by atoms with Crippen LogP contribution < -0.4 is 0 Å². The van der Waals surface area contributed by atoms with Gasteiger partial charge in [-0.2, -0.15) is 18.6 Å². The topological polar surface area (TPSA) is 77.8 Å². The molecule has 2 rings (SSSR count). The average molecular weight is 316 g/mol. The zero-order chi connectivity index (χ0) is 15.9. The summed E-state index contributed by atoms with van der Waals surface area (Å²) in [6, 6.07) is -0.617. The van der Waals surface area contributed by atoms with Crippen LogP contribution in [0.3, 0.4) is 0 Å². The summed E-state index contributed by atoms with van der Waals surface area (Å²) in [5.74, 6) is -0.673. The minimum Gasteiger partial charge on any atom is -0.245 e. The first-order valence-electron chi connectivity index (χ1n) is 7.09. The van der Waals surface area contributed by atoms with E-state index in [0.717, 1.165) is 24.2 Å². The lowest BCUT2D eigenvalue weighted by Gasteiger charge is -2.35. The van der Waals surface area contributed by atoms with Gasteiger partial charge in [-0.25, -0.2) is 13.2 Å². The molecule has 0 aromatic rings. The van der Waals surface area contributed by atoms with Crippen LogP contribution in [0.15, 0.2) is 0 Å². The van der Waals surface area contributed by atoms with Gasteiger partial charge in [-0.1, -0.05) is 6.42 Å². The molecule has 7 nitrogen and oxygen atoms in total. The van der Waals surface area contributed by atoms with Crippen LogP contribution in [0.2, 0.25) is 0 Å². The van der Waals surface area contributed by atoms with Gasteiger partial charge in [0.2, 0.25) is 15.3 Å². The van der Waals surface area contributed by atoms with E-state index in [4.69, 9.17) is 0 Å². The molecule has 3 amide bonds. The Morgan fingerprint density at radius 1 is 1.24 bits per heavy atom. The largest absolute Gasteiger partial charge is 0.500 e. The molecule has 2 aliphatic rings. The lowest BCUT2D eigenvalue weighted by molar-refractivity contribution is -0.405. The van der Waals surface area contributed by atoms with Crippen molar-refractivity contribution in [1.29, 1.82) is 0 Å². The van der Waals surface area contributed by atoms with Crippen LogP contribution in [-0.2, 0) is 14.8 Å². The maximum absolute atomic E-state index is 12.9. The Bertz CT molecular complexity index is 611. The first-order valence-corrected chi connectivity index (χ1v) is 8.59. The molecule has 0 aromatic carbocycles. The van der Waals surface area contributed by atoms with Gasteiger partial charge in [0, 0.05) is 12.6 Å². The molecule has 2 heterocycles. The SMILES string of the molecule is CC1=[N+](C)C(=O)N(C)C(=O)C1S(=O)(=O)N1CCCCC1C. The van der Waals surface area contributed by atoms with Crippen molar-refractivity contribution in [2.24, 2.45) is 0 Å². The Hall–Kier alpha value is -1.28. The molecule has 0 bridgehead atoms. The number of hydrogen-bond acceptors (Lipinski definition) is 4. The van der Waals surface area contributed by atoms with Gasteiger partial charge in [0.25, 0.3) is 0 Å².